The van der Waals surface area contributed by atoms with Crippen molar-refractivity contribution in [3.63, 3.8) is 0 Å². The van der Waals surface area contributed by atoms with Crippen molar-refractivity contribution in [2.45, 2.75) is 29.5 Å². The summed E-state index contributed by atoms with van der Waals surface area (Å²) in [5, 5.41) is 9.59. The molecule has 0 spiro atoms. The summed E-state index contributed by atoms with van der Waals surface area (Å²) in [6.07, 6.45) is -18.3. The highest BCUT2D eigenvalue weighted by Gasteiger charge is 2.72. The van der Waals surface area contributed by atoms with Crippen molar-refractivity contribution >= 4 is 11.4 Å². The molecule has 0 bridgehead atoms. The van der Waals surface area contributed by atoms with Crippen LogP contribution < -0.4 is 11.5 Å². The second-order valence-corrected chi connectivity index (χ2v) is 6.67. The molecule has 2 rings (SSSR count). The summed E-state index contributed by atoms with van der Waals surface area (Å²) in [6, 6.07) is 3.88. The first-order valence-electron chi connectivity index (χ1n) is 8.18. The minimum atomic E-state index is -6.41. The molecule has 0 saturated carbocycles. The number of nitrogens with two attached hydrogens (primary N) is 2. The van der Waals surface area contributed by atoms with Gasteiger partial charge in [0.15, 0.2) is 0 Å². The average molecular weight is 464 g/mol. The van der Waals surface area contributed by atoms with E-state index in [2.05, 4.69) is 0 Å². The number of nitrogen functional groups attached to an aromatic ring is 2. The van der Waals surface area contributed by atoms with Crippen LogP contribution in [-0.2, 0) is 11.0 Å². The molecule has 0 amide bonds. The largest absolute Gasteiger partial charge is 0.430 e. The van der Waals surface area contributed by atoms with E-state index in [1.54, 1.807) is 0 Å². The molecule has 2 aromatic carbocycles. The van der Waals surface area contributed by atoms with Crippen molar-refractivity contribution in [2.75, 3.05) is 18.1 Å². The fourth-order valence-electron chi connectivity index (χ4n) is 3.09. The quantitative estimate of drug-likeness (QED) is 0.442. The lowest BCUT2D eigenvalue weighted by molar-refractivity contribution is -0.376. The predicted octanol–water partition coefficient (Wildman–Crippen LogP) is 4.98. The summed E-state index contributed by atoms with van der Waals surface area (Å²) in [4.78, 5) is 0. The number of aliphatic hydroxyl groups is 1. The molecule has 13 heteroatoms. The van der Waals surface area contributed by atoms with E-state index in [0.717, 1.165) is 24.3 Å². The van der Waals surface area contributed by atoms with E-state index in [1.807, 2.05) is 0 Å². The smallest absolute Gasteiger partial charge is 0.399 e. The molecule has 0 aliphatic rings. The number of benzene rings is 2. The van der Waals surface area contributed by atoms with Crippen LogP contribution in [0.2, 0.25) is 0 Å². The Morgan fingerprint density at radius 1 is 0.677 bits per heavy atom. The average Bonchev–Trinajstić information content (AvgIpc) is 2.61. The SMILES string of the molecule is Nc1ccc(C(CF)(c2ccc(N)c(C(O)(C(F)(F)F)C(F)(F)F)c2)C(F)(F)F)cc1. The van der Waals surface area contributed by atoms with Crippen molar-refractivity contribution in [2.24, 2.45) is 0 Å². The lowest BCUT2D eigenvalue weighted by atomic mass is 9.73. The zero-order valence-electron chi connectivity index (χ0n) is 15.1. The molecule has 5 N–H and O–H groups in total. The van der Waals surface area contributed by atoms with Crippen LogP contribution in [0.25, 0.3) is 0 Å². The van der Waals surface area contributed by atoms with Crippen LogP contribution in [0.1, 0.15) is 16.7 Å². The highest BCUT2D eigenvalue weighted by Crippen LogP contribution is 2.54. The first-order valence-corrected chi connectivity index (χ1v) is 8.18. The van der Waals surface area contributed by atoms with Crippen LogP contribution in [0.3, 0.4) is 0 Å². The topological polar surface area (TPSA) is 72.3 Å². The Morgan fingerprint density at radius 2 is 1.13 bits per heavy atom. The van der Waals surface area contributed by atoms with Gasteiger partial charge in [-0.05, 0) is 35.4 Å². The fourth-order valence-corrected chi connectivity index (χ4v) is 3.09. The van der Waals surface area contributed by atoms with Gasteiger partial charge in [-0.3, -0.25) is 0 Å². The maximum absolute atomic E-state index is 14.0. The molecule has 0 saturated heterocycles. The van der Waals surface area contributed by atoms with Crippen molar-refractivity contribution in [3.05, 3.63) is 59.2 Å². The Morgan fingerprint density at radius 3 is 1.52 bits per heavy atom. The molecule has 31 heavy (non-hydrogen) atoms. The number of hydrogen-bond acceptors (Lipinski definition) is 3. The second-order valence-electron chi connectivity index (χ2n) is 6.67. The molecular weight excluding hydrogens is 450 g/mol. The van der Waals surface area contributed by atoms with Gasteiger partial charge >= 0.3 is 18.5 Å². The Labute approximate surface area is 168 Å². The number of alkyl halides is 10. The highest BCUT2D eigenvalue weighted by atomic mass is 19.4. The van der Waals surface area contributed by atoms with Crippen LogP contribution >= 0.6 is 0 Å². The molecule has 0 aromatic heterocycles. The zero-order valence-corrected chi connectivity index (χ0v) is 15.1. The van der Waals surface area contributed by atoms with Gasteiger partial charge in [-0.1, -0.05) is 18.2 Å². The van der Waals surface area contributed by atoms with Gasteiger partial charge in [0.2, 0.25) is 0 Å². The Kier molecular flexibility index (Phi) is 5.91. The van der Waals surface area contributed by atoms with E-state index >= 15 is 0 Å². The number of anilines is 2. The summed E-state index contributed by atoms with van der Waals surface area (Å²) in [5.74, 6) is 0. The number of hydrogen-bond donors (Lipinski definition) is 3. The number of halogens is 10. The Bertz CT molecular complexity index is 920. The molecule has 0 aliphatic carbocycles. The summed E-state index contributed by atoms with van der Waals surface area (Å²) < 4.78 is 136. The minimum absolute atomic E-state index is 0.0276. The van der Waals surface area contributed by atoms with Gasteiger partial charge in [-0.25, -0.2) is 4.39 Å². The first-order chi connectivity index (χ1) is 13.9. The lowest BCUT2D eigenvalue weighted by Crippen LogP contribution is -2.54. The third kappa shape index (κ3) is 3.75. The van der Waals surface area contributed by atoms with Gasteiger partial charge in [-0.15, -0.1) is 0 Å². The maximum Gasteiger partial charge on any atom is 0.430 e. The molecule has 0 aliphatic heterocycles. The summed E-state index contributed by atoms with van der Waals surface area (Å²) in [7, 11) is 0. The second kappa shape index (κ2) is 7.46. The van der Waals surface area contributed by atoms with Crippen LogP contribution in [0.5, 0.6) is 0 Å². The molecular formula is C18H14F10N2O. The number of rotatable bonds is 4. The normalized spacial score (nSPS) is 15.6. The van der Waals surface area contributed by atoms with Gasteiger partial charge in [0, 0.05) is 16.9 Å². The molecule has 0 heterocycles. The van der Waals surface area contributed by atoms with Crippen molar-refractivity contribution in [1.82, 2.24) is 0 Å². The predicted molar refractivity (Wildman–Crippen MR) is 90.5 cm³/mol. The van der Waals surface area contributed by atoms with Crippen molar-refractivity contribution < 1.29 is 49.0 Å². The molecule has 3 nitrogen and oxygen atoms in total. The third-order valence-corrected chi connectivity index (χ3v) is 4.84. The lowest BCUT2D eigenvalue weighted by Gasteiger charge is -2.37. The highest BCUT2D eigenvalue weighted by molar-refractivity contribution is 5.57. The Hall–Kier alpha value is -2.70. The minimum Gasteiger partial charge on any atom is -0.399 e. The monoisotopic (exact) mass is 464 g/mol. The maximum atomic E-state index is 14.0. The van der Waals surface area contributed by atoms with Crippen molar-refractivity contribution in [1.29, 1.82) is 0 Å². The molecule has 1 unspecified atom stereocenters. The fraction of sp³-hybridized carbons (Fsp3) is 0.333. The molecule has 0 radical (unpaired) electrons. The van der Waals surface area contributed by atoms with Gasteiger partial charge < -0.3 is 16.6 Å². The van der Waals surface area contributed by atoms with E-state index in [0.29, 0.717) is 12.1 Å². The van der Waals surface area contributed by atoms with E-state index in [4.69, 9.17) is 11.5 Å². The molecule has 1 atom stereocenters. The zero-order chi connectivity index (χ0) is 24.0. The summed E-state index contributed by atoms with van der Waals surface area (Å²) in [6.45, 7) is -2.28. The van der Waals surface area contributed by atoms with Gasteiger partial charge in [0.1, 0.15) is 12.1 Å². The van der Waals surface area contributed by atoms with E-state index in [-0.39, 0.29) is 11.8 Å². The Balaban J connectivity index is 2.93. The van der Waals surface area contributed by atoms with Gasteiger partial charge in [0.25, 0.3) is 5.60 Å². The van der Waals surface area contributed by atoms with E-state index in [1.165, 1.54) is 0 Å². The molecule has 0 fully saturated rings. The summed E-state index contributed by atoms with van der Waals surface area (Å²) in [5.41, 5.74) is -4.32. The van der Waals surface area contributed by atoms with Crippen LogP contribution in [0, 0.1) is 0 Å². The van der Waals surface area contributed by atoms with E-state index < -0.39 is 58.6 Å². The van der Waals surface area contributed by atoms with Crippen LogP contribution in [0.15, 0.2) is 42.5 Å². The van der Waals surface area contributed by atoms with Gasteiger partial charge in [0.05, 0.1) is 0 Å². The van der Waals surface area contributed by atoms with Crippen LogP contribution in [-0.4, -0.2) is 30.3 Å². The summed E-state index contributed by atoms with van der Waals surface area (Å²) >= 11 is 0. The van der Waals surface area contributed by atoms with Gasteiger partial charge in [-0.2, -0.15) is 39.5 Å². The van der Waals surface area contributed by atoms with Crippen LogP contribution in [0.4, 0.5) is 55.3 Å². The molecule has 172 valence electrons. The first kappa shape index (κ1) is 24.6. The van der Waals surface area contributed by atoms with E-state index in [9.17, 15) is 49.0 Å². The standard InChI is InChI=1S/C18H14F10N2O/c19-8-14(16(20,21)22,9-1-4-11(29)5-2-9)10-3-6-13(30)12(7-10)15(31,17(23,24)25)18(26,27)28/h1-7,31H,8,29-30H2. The molecule has 2 aromatic rings. The third-order valence-electron chi connectivity index (χ3n) is 4.84. The van der Waals surface area contributed by atoms with Crippen molar-refractivity contribution in [3.8, 4) is 0 Å².